The van der Waals surface area contributed by atoms with Gasteiger partial charge in [0, 0.05) is 43.7 Å². The van der Waals surface area contributed by atoms with Crippen molar-refractivity contribution in [3.8, 4) is 0 Å². The van der Waals surface area contributed by atoms with Crippen molar-refractivity contribution < 1.29 is 9.59 Å². The maximum atomic E-state index is 12.9. The summed E-state index contributed by atoms with van der Waals surface area (Å²) in [6, 6.07) is 8.05. The minimum atomic E-state index is -0.0158. The van der Waals surface area contributed by atoms with Crippen LogP contribution in [0, 0.1) is 11.3 Å². The monoisotopic (exact) mass is 385 g/mol. The van der Waals surface area contributed by atoms with Crippen LogP contribution in [0.1, 0.15) is 58.4 Å². The predicted molar refractivity (Wildman–Crippen MR) is 113 cm³/mol. The van der Waals surface area contributed by atoms with Crippen molar-refractivity contribution in [2.75, 3.05) is 31.5 Å². The van der Waals surface area contributed by atoms with Crippen LogP contribution in [-0.2, 0) is 11.2 Å². The van der Waals surface area contributed by atoms with E-state index in [1.54, 1.807) is 0 Å². The first-order valence-electron chi connectivity index (χ1n) is 10.8. The lowest BCUT2D eigenvalue weighted by Crippen LogP contribution is -2.55. The standard InChI is InChI=1S/C23H35N3O2/c1-4-19-7-5-8-20(15-19)24-22(28)26-13-6-11-23(17-26)12-9-21(27)25(16-23)14-10-18(2)3/h5,7-8,15,18H,4,6,9-14,16-17H2,1-3H3,(H,24,28)/t23-/m0/s1. The van der Waals surface area contributed by atoms with Gasteiger partial charge in [-0.3, -0.25) is 4.79 Å². The lowest BCUT2D eigenvalue weighted by atomic mass is 9.73. The molecule has 1 spiro atoms. The average Bonchev–Trinajstić information content (AvgIpc) is 2.69. The SMILES string of the molecule is CCc1cccc(NC(=O)N2CCC[C@@]3(CCC(=O)N(CCC(C)C)C3)C2)c1. The van der Waals surface area contributed by atoms with Gasteiger partial charge in [0.15, 0.2) is 0 Å². The van der Waals surface area contributed by atoms with Gasteiger partial charge < -0.3 is 15.1 Å². The Labute approximate surface area is 169 Å². The zero-order valence-electron chi connectivity index (χ0n) is 17.7. The van der Waals surface area contributed by atoms with Crippen molar-refractivity contribution in [2.45, 2.75) is 59.3 Å². The van der Waals surface area contributed by atoms with E-state index < -0.39 is 0 Å². The van der Waals surface area contributed by atoms with E-state index in [4.69, 9.17) is 0 Å². The number of benzene rings is 1. The highest BCUT2D eigenvalue weighted by molar-refractivity contribution is 5.89. The molecule has 0 saturated carbocycles. The summed E-state index contributed by atoms with van der Waals surface area (Å²) in [4.78, 5) is 29.3. The molecule has 0 unspecified atom stereocenters. The Morgan fingerprint density at radius 1 is 1.25 bits per heavy atom. The highest BCUT2D eigenvalue weighted by Gasteiger charge is 2.42. The summed E-state index contributed by atoms with van der Waals surface area (Å²) in [6.07, 6.45) is 5.63. The van der Waals surface area contributed by atoms with Gasteiger partial charge in [0.1, 0.15) is 0 Å². The topological polar surface area (TPSA) is 52.7 Å². The van der Waals surface area contributed by atoms with Gasteiger partial charge in [-0.25, -0.2) is 4.79 Å². The molecule has 2 aliphatic heterocycles. The molecule has 0 aromatic heterocycles. The van der Waals surface area contributed by atoms with Crippen LogP contribution in [0.15, 0.2) is 24.3 Å². The summed E-state index contributed by atoms with van der Waals surface area (Å²) in [6.45, 7) is 9.69. The fraction of sp³-hybridized carbons (Fsp3) is 0.652. The lowest BCUT2D eigenvalue weighted by Gasteiger charge is -2.48. The Hall–Kier alpha value is -2.04. The van der Waals surface area contributed by atoms with E-state index in [2.05, 4.69) is 37.1 Å². The number of hydrogen-bond donors (Lipinski definition) is 1. The quantitative estimate of drug-likeness (QED) is 0.809. The van der Waals surface area contributed by atoms with E-state index in [0.717, 1.165) is 64.0 Å². The molecule has 5 nitrogen and oxygen atoms in total. The minimum Gasteiger partial charge on any atom is -0.342 e. The van der Waals surface area contributed by atoms with E-state index >= 15 is 0 Å². The number of carbonyl (C=O) groups excluding carboxylic acids is 2. The third-order valence-electron chi connectivity index (χ3n) is 6.26. The number of anilines is 1. The van der Waals surface area contributed by atoms with Gasteiger partial charge in [0.25, 0.3) is 0 Å². The molecule has 0 aliphatic carbocycles. The molecule has 3 amide bonds. The zero-order valence-corrected chi connectivity index (χ0v) is 17.7. The van der Waals surface area contributed by atoms with E-state index in [1.807, 2.05) is 23.1 Å². The third kappa shape index (κ3) is 5.06. The number of nitrogens with zero attached hydrogens (tertiary/aromatic N) is 2. The van der Waals surface area contributed by atoms with Crippen LogP contribution in [0.25, 0.3) is 0 Å². The number of urea groups is 1. The molecule has 0 radical (unpaired) electrons. The maximum Gasteiger partial charge on any atom is 0.321 e. The van der Waals surface area contributed by atoms with Crippen LogP contribution in [0.5, 0.6) is 0 Å². The first-order chi connectivity index (χ1) is 13.4. The van der Waals surface area contributed by atoms with Crippen molar-refractivity contribution >= 4 is 17.6 Å². The first kappa shape index (κ1) is 20.7. The van der Waals surface area contributed by atoms with Crippen molar-refractivity contribution in [3.05, 3.63) is 29.8 Å². The number of hydrogen-bond acceptors (Lipinski definition) is 2. The number of aryl methyl sites for hydroxylation is 1. The van der Waals surface area contributed by atoms with Crippen LogP contribution in [0.3, 0.4) is 0 Å². The van der Waals surface area contributed by atoms with Gasteiger partial charge in [0.2, 0.25) is 5.91 Å². The number of likely N-dealkylation sites (tertiary alicyclic amines) is 2. The molecule has 2 heterocycles. The molecule has 2 aliphatic rings. The van der Waals surface area contributed by atoms with E-state index in [-0.39, 0.29) is 17.4 Å². The van der Waals surface area contributed by atoms with Gasteiger partial charge >= 0.3 is 6.03 Å². The molecule has 5 heteroatoms. The Morgan fingerprint density at radius 3 is 2.82 bits per heavy atom. The van der Waals surface area contributed by atoms with Crippen molar-refractivity contribution in [3.63, 3.8) is 0 Å². The van der Waals surface area contributed by atoms with E-state index in [9.17, 15) is 9.59 Å². The molecule has 3 rings (SSSR count). The molecule has 1 aromatic rings. The summed E-state index contributed by atoms with van der Waals surface area (Å²) >= 11 is 0. The summed E-state index contributed by atoms with van der Waals surface area (Å²) in [5.74, 6) is 0.877. The second kappa shape index (κ2) is 8.97. The molecule has 1 atom stereocenters. The second-order valence-electron chi connectivity index (χ2n) is 9.01. The first-order valence-corrected chi connectivity index (χ1v) is 10.8. The average molecular weight is 386 g/mol. The molecule has 1 aromatic carbocycles. The molecular formula is C23H35N3O2. The highest BCUT2D eigenvalue weighted by atomic mass is 16.2. The maximum absolute atomic E-state index is 12.9. The smallest absolute Gasteiger partial charge is 0.321 e. The zero-order chi connectivity index (χ0) is 20.1. The summed E-state index contributed by atoms with van der Waals surface area (Å²) < 4.78 is 0. The fourth-order valence-corrected chi connectivity index (χ4v) is 4.51. The summed E-state index contributed by atoms with van der Waals surface area (Å²) in [5.41, 5.74) is 2.15. The van der Waals surface area contributed by atoms with Gasteiger partial charge in [-0.05, 0) is 55.7 Å². The highest BCUT2D eigenvalue weighted by Crippen LogP contribution is 2.39. The van der Waals surface area contributed by atoms with Crippen LogP contribution in [0.2, 0.25) is 0 Å². The van der Waals surface area contributed by atoms with Crippen molar-refractivity contribution in [1.29, 1.82) is 0 Å². The number of carbonyl (C=O) groups is 2. The molecule has 0 bridgehead atoms. The molecule has 154 valence electrons. The minimum absolute atomic E-state index is 0.0158. The molecule has 2 saturated heterocycles. The Morgan fingerprint density at radius 2 is 2.07 bits per heavy atom. The fourth-order valence-electron chi connectivity index (χ4n) is 4.51. The van der Waals surface area contributed by atoms with Crippen LogP contribution < -0.4 is 5.32 Å². The van der Waals surface area contributed by atoms with Gasteiger partial charge in [-0.2, -0.15) is 0 Å². The molecule has 1 N–H and O–H groups in total. The molecule has 28 heavy (non-hydrogen) atoms. The van der Waals surface area contributed by atoms with E-state index in [0.29, 0.717) is 12.3 Å². The summed E-state index contributed by atoms with van der Waals surface area (Å²) in [7, 11) is 0. The Bertz CT molecular complexity index is 703. The second-order valence-corrected chi connectivity index (χ2v) is 9.01. The van der Waals surface area contributed by atoms with E-state index in [1.165, 1.54) is 5.56 Å². The Kier molecular flexibility index (Phi) is 6.63. The molecular weight excluding hydrogens is 350 g/mol. The third-order valence-corrected chi connectivity index (χ3v) is 6.26. The van der Waals surface area contributed by atoms with Crippen LogP contribution >= 0.6 is 0 Å². The predicted octanol–water partition coefficient (Wildman–Crippen LogP) is 4.53. The largest absolute Gasteiger partial charge is 0.342 e. The van der Waals surface area contributed by atoms with Crippen molar-refractivity contribution in [2.24, 2.45) is 11.3 Å². The van der Waals surface area contributed by atoms with Gasteiger partial charge in [-0.1, -0.05) is 32.9 Å². The number of rotatable bonds is 5. The van der Waals surface area contributed by atoms with Crippen molar-refractivity contribution in [1.82, 2.24) is 9.80 Å². The Balaban J connectivity index is 1.63. The number of nitrogens with one attached hydrogen (secondary N) is 1. The number of piperidine rings is 2. The summed E-state index contributed by atoms with van der Waals surface area (Å²) in [5, 5.41) is 3.07. The number of amides is 3. The lowest BCUT2D eigenvalue weighted by molar-refractivity contribution is -0.139. The normalized spacial score (nSPS) is 22.8. The van der Waals surface area contributed by atoms with Gasteiger partial charge in [0.05, 0.1) is 0 Å². The molecule has 2 fully saturated rings. The van der Waals surface area contributed by atoms with Crippen LogP contribution in [-0.4, -0.2) is 47.9 Å². The van der Waals surface area contributed by atoms with Crippen LogP contribution in [0.4, 0.5) is 10.5 Å². The van der Waals surface area contributed by atoms with Gasteiger partial charge in [-0.15, -0.1) is 0 Å².